The molecule has 4 rings (SSSR count). The van der Waals surface area contributed by atoms with Gasteiger partial charge < -0.3 is 4.90 Å². The highest BCUT2D eigenvalue weighted by atomic mass is 16.2. The van der Waals surface area contributed by atoms with E-state index in [-0.39, 0.29) is 0 Å². The second kappa shape index (κ2) is 14.4. The second-order valence-corrected chi connectivity index (χ2v) is 7.65. The maximum absolute atomic E-state index is 12.2. The van der Waals surface area contributed by atoms with Gasteiger partial charge in [-0.3, -0.25) is 9.89 Å². The third-order valence-electron chi connectivity index (χ3n) is 4.84. The van der Waals surface area contributed by atoms with E-state index in [4.69, 9.17) is 0 Å². The molecule has 0 spiro atoms. The van der Waals surface area contributed by atoms with Gasteiger partial charge in [0, 0.05) is 29.2 Å². The molecule has 0 saturated heterocycles. The number of anilines is 1. The van der Waals surface area contributed by atoms with Gasteiger partial charge in [0.1, 0.15) is 0 Å². The van der Waals surface area contributed by atoms with Crippen LogP contribution in [-0.2, 0) is 4.79 Å². The van der Waals surface area contributed by atoms with Crippen LogP contribution in [-0.4, -0.2) is 22.6 Å². The zero-order valence-electron chi connectivity index (χ0n) is 20.5. The maximum atomic E-state index is 12.2. The Kier molecular flexibility index (Phi) is 12.3. The molecule has 0 atom stereocenters. The van der Waals surface area contributed by atoms with Crippen molar-refractivity contribution in [2.75, 3.05) is 11.4 Å². The minimum Gasteiger partial charge on any atom is -0.312 e. The Hall–Kier alpha value is -2.62. The van der Waals surface area contributed by atoms with E-state index < -0.39 is 0 Å². The number of aromatic amines is 1. The van der Waals surface area contributed by atoms with Crippen LogP contribution in [0.15, 0.2) is 54.6 Å². The van der Waals surface area contributed by atoms with Gasteiger partial charge in [0.05, 0.1) is 5.52 Å². The summed E-state index contributed by atoms with van der Waals surface area (Å²) in [4.78, 5) is 14.2. The highest BCUT2D eigenvalue weighted by molar-refractivity contribution is 5.96. The van der Waals surface area contributed by atoms with Crippen LogP contribution < -0.4 is 4.90 Å². The van der Waals surface area contributed by atoms with Gasteiger partial charge in [-0.2, -0.15) is 5.10 Å². The smallest absolute Gasteiger partial charge is 0.230 e. The first-order chi connectivity index (χ1) is 15.1. The Morgan fingerprint density at radius 3 is 2.13 bits per heavy atom. The summed E-state index contributed by atoms with van der Waals surface area (Å²) in [5, 5.41) is 8.23. The Morgan fingerprint density at radius 1 is 1.00 bits per heavy atom. The van der Waals surface area contributed by atoms with Crippen molar-refractivity contribution >= 4 is 22.5 Å². The molecule has 3 aromatic rings. The quantitative estimate of drug-likeness (QED) is 0.465. The van der Waals surface area contributed by atoms with Crippen LogP contribution in [0.1, 0.15) is 66.5 Å². The summed E-state index contributed by atoms with van der Waals surface area (Å²) in [5.74, 6) is 1.24. The van der Waals surface area contributed by atoms with Crippen LogP contribution in [0, 0.1) is 18.8 Å². The average molecular weight is 424 g/mol. The monoisotopic (exact) mass is 423 g/mol. The van der Waals surface area contributed by atoms with Crippen molar-refractivity contribution in [3.05, 3.63) is 60.3 Å². The molecule has 1 aromatic heterocycles. The summed E-state index contributed by atoms with van der Waals surface area (Å²) >= 11 is 0. The van der Waals surface area contributed by atoms with Crippen LogP contribution in [0.5, 0.6) is 0 Å². The molecule has 4 nitrogen and oxygen atoms in total. The molecule has 0 radical (unpaired) electrons. The number of carbonyl (C=O) groups is 1. The summed E-state index contributed by atoms with van der Waals surface area (Å²) in [5.41, 5.74) is 3.22. The van der Waals surface area contributed by atoms with Crippen LogP contribution in [0.4, 0.5) is 5.69 Å². The lowest BCUT2D eigenvalue weighted by atomic mass is 10.1. The number of rotatable bonds is 5. The molecule has 2 aromatic carbocycles. The Morgan fingerprint density at radius 2 is 1.58 bits per heavy atom. The number of nitrogens with zero attached hydrogens (tertiary/aromatic N) is 2. The van der Waals surface area contributed by atoms with Crippen molar-refractivity contribution < 1.29 is 4.79 Å². The van der Waals surface area contributed by atoms with Gasteiger partial charge in [-0.1, -0.05) is 77.9 Å². The van der Waals surface area contributed by atoms with Crippen molar-refractivity contribution in [1.29, 1.82) is 0 Å². The standard InChI is InChI=1S/C15H21NO.C8H8N2.2C2H6/c1-12(2)10-11-16(15(17)13-8-9-13)14-6-4-3-5-7-14;1-6-7-4-2-3-5-8(7)10-9-6;2*1-2/h3-7,12-13H,8-11H2,1-2H3;2-5H,1H3,(H,9,10);2*1-2H3. The third kappa shape index (κ3) is 8.56. The number of aryl methyl sites for hydroxylation is 1. The van der Waals surface area contributed by atoms with Crippen molar-refractivity contribution in [2.24, 2.45) is 11.8 Å². The number of para-hydroxylation sites is 2. The van der Waals surface area contributed by atoms with Gasteiger partial charge in [-0.05, 0) is 50.3 Å². The lowest BCUT2D eigenvalue weighted by molar-refractivity contribution is -0.119. The Bertz CT molecular complexity index is 866. The number of hydrogen-bond acceptors (Lipinski definition) is 2. The average Bonchev–Trinajstić information content (AvgIpc) is 3.61. The molecule has 1 amide bonds. The molecule has 170 valence electrons. The Balaban J connectivity index is 0.000000291. The summed E-state index contributed by atoms with van der Waals surface area (Å²) in [6, 6.07) is 18.1. The molecule has 1 saturated carbocycles. The van der Waals surface area contributed by atoms with Gasteiger partial charge >= 0.3 is 0 Å². The first-order valence-corrected chi connectivity index (χ1v) is 11.8. The summed E-state index contributed by atoms with van der Waals surface area (Å²) < 4.78 is 0. The highest BCUT2D eigenvalue weighted by Gasteiger charge is 2.33. The van der Waals surface area contributed by atoms with E-state index in [1.165, 1.54) is 5.39 Å². The van der Waals surface area contributed by atoms with Crippen molar-refractivity contribution in [1.82, 2.24) is 10.2 Å². The second-order valence-electron chi connectivity index (χ2n) is 7.65. The van der Waals surface area contributed by atoms with Crippen molar-refractivity contribution in [2.45, 2.75) is 67.7 Å². The molecule has 31 heavy (non-hydrogen) atoms. The third-order valence-corrected chi connectivity index (χ3v) is 4.84. The number of amides is 1. The lowest BCUT2D eigenvalue weighted by Gasteiger charge is -2.23. The van der Waals surface area contributed by atoms with Crippen molar-refractivity contribution in [3.8, 4) is 0 Å². The van der Waals surface area contributed by atoms with Gasteiger partial charge in [0.25, 0.3) is 0 Å². The van der Waals surface area contributed by atoms with E-state index in [0.29, 0.717) is 17.7 Å². The van der Waals surface area contributed by atoms with Gasteiger partial charge in [0.15, 0.2) is 0 Å². The fourth-order valence-electron chi connectivity index (χ4n) is 3.00. The van der Waals surface area contributed by atoms with Crippen LogP contribution in [0.25, 0.3) is 10.9 Å². The van der Waals surface area contributed by atoms with Gasteiger partial charge in [-0.25, -0.2) is 0 Å². The Labute approximate surface area is 189 Å². The number of carbonyl (C=O) groups excluding carboxylic acids is 1. The van der Waals surface area contributed by atoms with E-state index >= 15 is 0 Å². The molecule has 0 aliphatic heterocycles. The fourth-order valence-corrected chi connectivity index (χ4v) is 3.00. The molecule has 1 N–H and O–H groups in total. The normalized spacial score (nSPS) is 12.0. The van der Waals surface area contributed by atoms with Gasteiger partial charge in [0.2, 0.25) is 5.91 Å². The molecular weight excluding hydrogens is 382 g/mol. The summed E-state index contributed by atoms with van der Waals surface area (Å²) in [6.45, 7) is 15.3. The molecule has 1 heterocycles. The largest absolute Gasteiger partial charge is 0.312 e. The summed E-state index contributed by atoms with van der Waals surface area (Å²) in [7, 11) is 0. The van der Waals surface area contributed by atoms with Crippen LogP contribution in [0.2, 0.25) is 0 Å². The zero-order valence-corrected chi connectivity index (χ0v) is 20.5. The fraction of sp³-hybridized carbons (Fsp3) is 0.481. The number of fused-ring (bicyclic) bond motifs is 1. The molecule has 1 aliphatic carbocycles. The molecule has 1 aliphatic rings. The predicted molar refractivity (Wildman–Crippen MR) is 135 cm³/mol. The lowest BCUT2D eigenvalue weighted by Crippen LogP contribution is -2.33. The molecule has 4 heteroatoms. The molecule has 0 bridgehead atoms. The van der Waals surface area contributed by atoms with E-state index in [9.17, 15) is 4.79 Å². The van der Waals surface area contributed by atoms with Gasteiger partial charge in [-0.15, -0.1) is 0 Å². The zero-order chi connectivity index (χ0) is 23.2. The van der Waals surface area contributed by atoms with Crippen molar-refractivity contribution in [3.63, 3.8) is 0 Å². The van der Waals surface area contributed by atoms with Crippen LogP contribution >= 0.6 is 0 Å². The minimum absolute atomic E-state index is 0.294. The highest BCUT2D eigenvalue weighted by Crippen LogP contribution is 2.33. The first kappa shape index (κ1) is 26.4. The molecule has 1 fully saturated rings. The number of benzene rings is 2. The first-order valence-electron chi connectivity index (χ1n) is 11.8. The maximum Gasteiger partial charge on any atom is 0.230 e. The van der Waals surface area contributed by atoms with E-state index in [1.54, 1.807) is 0 Å². The molecule has 0 unspecified atom stereocenters. The number of hydrogen-bond donors (Lipinski definition) is 1. The van der Waals surface area contributed by atoms with E-state index in [1.807, 2.05) is 88.0 Å². The van der Waals surface area contributed by atoms with Crippen LogP contribution in [0.3, 0.4) is 0 Å². The minimum atomic E-state index is 0.294. The molecular formula is C27H41N3O. The van der Waals surface area contributed by atoms with E-state index in [0.717, 1.165) is 42.7 Å². The topological polar surface area (TPSA) is 49.0 Å². The SMILES string of the molecule is CC.CC.CC(C)CCN(C(=O)C1CC1)c1ccccc1.Cc1[nH]nc2ccccc12. The summed E-state index contributed by atoms with van der Waals surface area (Å²) in [6.07, 6.45) is 3.21. The number of aromatic nitrogens is 2. The number of nitrogens with one attached hydrogen (secondary N) is 1. The number of H-pyrrole nitrogens is 1. The predicted octanol–water partition coefficient (Wildman–Crippen LogP) is 7.40. The van der Waals surface area contributed by atoms with E-state index in [2.05, 4.69) is 30.1 Å².